The van der Waals surface area contributed by atoms with Gasteiger partial charge in [0.15, 0.2) is 17.5 Å². The summed E-state index contributed by atoms with van der Waals surface area (Å²) < 4.78 is 5.55. The highest BCUT2D eigenvalue weighted by Crippen LogP contribution is 2.14. The Kier molecular flexibility index (Phi) is 6.87. The summed E-state index contributed by atoms with van der Waals surface area (Å²) in [4.78, 5) is 33.5. The Morgan fingerprint density at radius 1 is 1.32 bits per heavy atom. The number of oxime groups is 1. The van der Waals surface area contributed by atoms with Gasteiger partial charge in [-0.05, 0) is 31.2 Å². The van der Waals surface area contributed by atoms with Crippen molar-refractivity contribution < 1.29 is 19.2 Å². The molecule has 1 fully saturated rings. The van der Waals surface area contributed by atoms with Crippen molar-refractivity contribution in [3.05, 3.63) is 40.9 Å². The summed E-state index contributed by atoms with van der Waals surface area (Å²) in [5.74, 6) is 5.08. The summed E-state index contributed by atoms with van der Waals surface area (Å²) in [7, 11) is 0. The molecular formula is C18H22N8O4S. The molecule has 1 saturated heterocycles. The lowest BCUT2D eigenvalue weighted by Gasteiger charge is -2.34. The number of hydrazone groups is 1. The van der Waals surface area contributed by atoms with Crippen LogP contribution in [-0.4, -0.2) is 53.6 Å². The predicted octanol–water partition coefficient (Wildman–Crippen LogP) is -0.893. The van der Waals surface area contributed by atoms with E-state index >= 15 is 0 Å². The molecule has 1 aliphatic rings. The maximum atomic E-state index is 12.6. The Morgan fingerprint density at radius 3 is 2.65 bits per heavy atom. The van der Waals surface area contributed by atoms with E-state index in [4.69, 9.17) is 26.9 Å². The van der Waals surface area contributed by atoms with Crippen LogP contribution in [0, 0.1) is 0 Å². The van der Waals surface area contributed by atoms with E-state index in [-0.39, 0.29) is 47.5 Å². The van der Waals surface area contributed by atoms with Gasteiger partial charge in [-0.15, -0.1) is 11.3 Å². The molecule has 0 saturated carbocycles. The normalized spacial score (nSPS) is 18.7. The van der Waals surface area contributed by atoms with E-state index in [0.29, 0.717) is 11.3 Å². The number of anilines is 1. The molecule has 1 aliphatic heterocycles. The molecule has 2 heterocycles. The summed E-state index contributed by atoms with van der Waals surface area (Å²) in [5.41, 5.74) is 12.1. The van der Waals surface area contributed by atoms with Crippen LogP contribution in [0.3, 0.4) is 0 Å². The number of nitrogens with two attached hydrogens (primary N) is 3. The first kappa shape index (κ1) is 21.8. The van der Waals surface area contributed by atoms with E-state index in [2.05, 4.69) is 25.9 Å². The third-order valence-electron chi connectivity index (χ3n) is 4.31. The molecule has 31 heavy (non-hydrogen) atoms. The average molecular weight is 446 g/mol. The Balaban J connectivity index is 1.56. The smallest absolute Gasteiger partial charge is 0.276 e. The van der Waals surface area contributed by atoms with Crippen molar-refractivity contribution in [2.45, 2.75) is 19.0 Å². The minimum Gasteiger partial charge on any atom is -0.490 e. The number of amides is 2. The van der Waals surface area contributed by atoms with Crippen molar-refractivity contribution >= 4 is 39.8 Å². The maximum absolute atomic E-state index is 12.6. The molecule has 0 bridgehead atoms. The van der Waals surface area contributed by atoms with Gasteiger partial charge in [-0.1, -0.05) is 5.16 Å². The number of benzene rings is 1. The summed E-state index contributed by atoms with van der Waals surface area (Å²) in [6, 6.07) is 6.03. The van der Waals surface area contributed by atoms with Gasteiger partial charge in [0.2, 0.25) is 5.91 Å². The Labute approximate surface area is 181 Å². The van der Waals surface area contributed by atoms with Crippen molar-refractivity contribution in [3.8, 4) is 5.75 Å². The second-order valence-electron chi connectivity index (χ2n) is 6.48. The van der Waals surface area contributed by atoms with Crippen LogP contribution < -0.4 is 32.7 Å². The lowest BCUT2D eigenvalue weighted by atomic mass is 10.0. The summed E-state index contributed by atoms with van der Waals surface area (Å²) >= 11 is 1.16. The standard InChI is InChI=1S/C18H22N8O4S/c1-9-13(16(27)22-9)24-17(28)14(12-8-31-18(20)23-12)26-30-7-6-29-11-4-2-10(3-5-11)15(19)25-21/h2-5,8-9,13H,6-7,21H2,1H3,(H2,19,25)(H2,20,23)(H,22,27)(H,24,28)/b26-14-/t9-,13-/m0/s1. The number of thiazole rings is 1. The summed E-state index contributed by atoms with van der Waals surface area (Å²) in [6.45, 7) is 2.01. The zero-order chi connectivity index (χ0) is 22.4. The van der Waals surface area contributed by atoms with Crippen molar-refractivity contribution in [1.29, 1.82) is 0 Å². The first-order chi connectivity index (χ1) is 14.9. The largest absolute Gasteiger partial charge is 0.490 e. The Morgan fingerprint density at radius 2 is 2.06 bits per heavy atom. The van der Waals surface area contributed by atoms with E-state index in [1.165, 1.54) is 0 Å². The second kappa shape index (κ2) is 9.75. The van der Waals surface area contributed by atoms with E-state index in [1.54, 1.807) is 36.6 Å². The molecule has 164 valence electrons. The van der Waals surface area contributed by atoms with Crippen LogP contribution in [0.5, 0.6) is 5.75 Å². The second-order valence-corrected chi connectivity index (χ2v) is 7.37. The number of amidine groups is 1. The topological polar surface area (TPSA) is 192 Å². The number of nitrogens with zero attached hydrogens (tertiary/aromatic N) is 3. The van der Waals surface area contributed by atoms with Crippen LogP contribution in [0.4, 0.5) is 5.13 Å². The van der Waals surface area contributed by atoms with E-state index in [9.17, 15) is 9.59 Å². The van der Waals surface area contributed by atoms with Crippen molar-refractivity contribution in [2.75, 3.05) is 18.9 Å². The Bertz CT molecular complexity index is 1000. The average Bonchev–Trinajstić information content (AvgIpc) is 3.20. The molecule has 2 atom stereocenters. The van der Waals surface area contributed by atoms with Crippen LogP contribution >= 0.6 is 11.3 Å². The third-order valence-corrected chi connectivity index (χ3v) is 4.98. The molecule has 2 amide bonds. The predicted molar refractivity (Wildman–Crippen MR) is 115 cm³/mol. The number of nitrogens with one attached hydrogen (secondary N) is 2. The molecular weight excluding hydrogens is 424 g/mol. The summed E-state index contributed by atoms with van der Waals surface area (Å²) in [6.07, 6.45) is 0. The number of hydrogen-bond donors (Lipinski definition) is 5. The van der Waals surface area contributed by atoms with Gasteiger partial charge in [-0.3, -0.25) is 9.59 Å². The van der Waals surface area contributed by atoms with Crippen LogP contribution in [-0.2, 0) is 14.4 Å². The fourth-order valence-corrected chi connectivity index (χ4v) is 3.18. The molecule has 8 N–H and O–H groups in total. The van der Waals surface area contributed by atoms with Crippen molar-refractivity contribution in [3.63, 3.8) is 0 Å². The quantitative estimate of drug-likeness (QED) is 0.0817. The first-order valence-corrected chi connectivity index (χ1v) is 10.1. The number of aromatic nitrogens is 1. The van der Waals surface area contributed by atoms with Crippen LogP contribution in [0.1, 0.15) is 18.2 Å². The Hall–Kier alpha value is -3.87. The monoisotopic (exact) mass is 446 g/mol. The highest BCUT2D eigenvalue weighted by Gasteiger charge is 2.38. The SMILES string of the molecule is C[C@@H]1NC(=O)[C@H]1NC(=O)/C(=N\OCCOc1ccc(/C(N)=N/N)cc1)c1csc(N)n1. The zero-order valence-corrected chi connectivity index (χ0v) is 17.4. The molecule has 0 aliphatic carbocycles. The van der Waals surface area contributed by atoms with Gasteiger partial charge in [0, 0.05) is 10.9 Å². The van der Waals surface area contributed by atoms with Gasteiger partial charge in [0.25, 0.3) is 5.91 Å². The molecule has 1 aromatic heterocycles. The molecule has 1 aromatic carbocycles. The number of nitrogen functional groups attached to an aromatic ring is 1. The molecule has 0 spiro atoms. The third kappa shape index (κ3) is 5.39. The van der Waals surface area contributed by atoms with E-state index < -0.39 is 11.9 Å². The highest BCUT2D eigenvalue weighted by molar-refractivity contribution is 7.13. The minimum atomic E-state index is -0.640. The molecule has 12 nitrogen and oxygen atoms in total. The highest BCUT2D eigenvalue weighted by atomic mass is 32.1. The number of carbonyl (C=O) groups is 2. The molecule has 2 aromatic rings. The van der Waals surface area contributed by atoms with Crippen LogP contribution in [0.2, 0.25) is 0 Å². The van der Waals surface area contributed by atoms with Crippen molar-refractivity contribution in [1.82, 2.24) is 15.6 Å². The maximum Gasteiger partial charge on any atom is 0.276 e. The number of ether oxygens (including phenoxy) is 1. The molecule has 0 unspecified atom stereocenters. The van der Waals surface area contributed by atoms with Gasteiger partial charge in [-0.2, -0.15) is 5.10 Å². The van der Waals surface area contributed by atoms with E-state index in [0.717, 1.165) is 11.3 Å². The van der Waals surface area contributed by atoms with Gasteiger partial charge < -0.3 is 37.5 Å². The lowest BCUT2D eigenvalue weighted by molar-refractivity contribution is -0.134. The van der Waals surface area contributed by atoms with Crippen LogP contribution in [0.25, 0.3) is 0 Å². The number of rotatable bonds is 9. The van der Waals surface area contributed by atoms with Crippen LogP contribution in [0.15, 0.2) is 39.9 Å². The van der Waals surface area contributed by atoms with E-state index in [1.807, 2.05) is 0 Å². The van der Waals surface area contributed by atoms with Gasteiger partial charge in [-0.25, -0.2) is 4.98 Å². The first-order valence-electron chi connectivity index (χ1n) is 9.18. The van der Waals surface area contributed by atoms with Gasteiger partial charge in [0.1, 0.15) is 29.9 Å². The zero-order valence-electron chi connectivity index (χ0n) is 16.6. The fraction of sp³-hybridized carbons (Fsp3) is 0.278. The lowest BCUT2D eigenvalue weighted by Crippen LogP contribution is -2.68. The number of hydrogen-bond acceptors (Lipinski definition) is 10. The fourth-order valence-electron chi connectivity index (χ4n) is 2.63. The van der Waals surface area contributed by atoms with Gasteiger partial charge in [0.05, 0.1) is 6.04 Å². The van der Waals surface area contributed by atoms with Gasteiger partial charge >= 0.3 is 0 Å². The molecule has 0 radical (unpaired) electrons. The molecule has 13 heteroatoms. The summed E-state index contributed by atoms with van der Waals surface area (Å²) in [5, 5.41) is 14.4. The van der Waals surface area contributed by atoms with Crippen molar-refractivity contribution in [2.24, 2.45) is 21.8 Å². The number of β-lactam (4-membered cyclic amide) rings is 1. The number of carbonyl (C=O) groups excluding carboxylic acids is 2. The minimum absolute atomic E-state index is 0.0604. The molecule has 3 rings (SSSR count).